The van der Waals surface area contributed by atoms with Gasteiger partial charge in [-0.1, -0.05) is 126 Å². The highest BCUT2D eigenvalue weighted by Gasteiger charge is 2.37. The number of sulfonamides is 1. The molecule has 0 fully saturated rings. The Morgan fingerprint density at radius 3 is 1.98 bits per heavy atom. The molecule has 0 aromatic heterocycles. The maximum Gasteiger partial charge on any atom is 0.241 e. The van der Waals surface area contributed by atoms with Gasteiger partial charge < -0.3 is 0 Å². The van der Waals surface area contributed by atoms with Crippen LogP contribution in [-0.2, 0) is 10.0 Å². The molecule has 6 rings (SSSR count). The van der Waals surface area contributed by atoms with Gasteiger partial charge in [-0.15, -0.1) is 0 Å². The minimum atomic E-state index is -3.87. The Balaban J connectivity index is 1.63. The number of rotatable bonds is 7. The topological polar surface area (TPSA) is 46.2 Å². The second kappa shape index (κ2) is 11.6. The lowest BCUT2D eigenvalue weighted by molar-refractivity contribution is 0.573. The fourth-order valence-corrected chi connectivity index (χ4v) is 6.78. The molecule has 0 aliphatic heterocycles. The Hall–Kier alpha value is -4.22. The smallest absolute Gasteiger partial charge is 0.207 e. The van der Waals surface area contributed by atoms with Crippen LogP contribution in [0, 0.1) is 13.8 Å². The number of hydrogen-bond acceptors (Lipinski definition) is 2. The monoisotopic (exact) mass is 587 g/mol. The predicted octanol–water partition coefficient (Wildman–Crippen LogP) is 9.03. The molecule has 0 radical (unpaired) electrons. The van der Waals surface area contributed by atoms with Gasteiger partial charge in [0.05, 0.1) is 10.9 Å². The summed E-state index contributed by atoms with van der Waals surface area (Å²) in [5.74, 6) is 0. The van der Waals surface area contributed by atoms with Gasteiger partial charge in [0.1, 0.15) is 0 Å². The molecule has 42 heavy (non-hydrogen) atoms. The van der Waals surface area contributed by atoms with E-state index in [1.165, 1.54) is 0 Å². The molecular formula is C37H30ClNO2S. The van der Waals surface area contributed by atoms with Gasteiger partial charge in [-0.3, -0.25) is 0 Å². The molecule has 208 valence electrons. The van der Waals surface area contributed by atoms with E-state index in [1.807, 2.05) is 79.7 Å². The zero-order chi connectivity index (χ0) is 29.3. The van der Waals surface area contributed by atoms with Crippen LogP contribution in [0.15, 0.2) is 138 Å². The Morgan fingerprint density at radius 2 is 1.31 bits per heavy atom. The quantitative estimate of drug-likeness (QED) is 0.193. The number of hydrogen-bond donors (Lipinski definition) is 1. The van der Waals surface area contributed by atoms with Crippen molar-refractivity contribution in [3.05, 3.63) is 177 Å². The van der Waals surface area contributed by atoms with E-state index in [-0.39, 0.29) is 4.90 Å². The lowest BCUT2D eigenvalue weighted by Crippen LogP contribution is -2.29. The summed E-state index contributed by atoms with van der Waals surface area (Å²) in [6, 6.07) is 40.6. The van der Waals surface area contributed by atoms with Crippen molar-refractivity contribution in [1.82, 2.24) is 4.72 Å². The maximum absolute atomic E-state index is 13.9. The fraction of sp³-hybridized carbons (Fsp3) is 0.0811. The summed E-state index contributed by atoms with van der Waals surface area (Å²) in [7, 11) is -3.87. The van der Waals surface area contributed by atoms with Crippen LogP contribution in [0.5, 0.6) is 0 Å². The number of nitrogens with one attached hydrogen (secondary N) is 1. The number of benzene rings is 5. The van der Waals surface area contributed by atoms with E-state index < -0.39 is 16.1 Å². The van der Waals surface area contributed by atoms with Gasteiger partial charge in [-0.25, -0.2) is 8.42 Å². The highest BCUT2D eigenvalue weighted by atomic mass is 35.5. The first kappa shape index (κ1) is 27.9. The van der Waals surface area contributed by atoms with E-state index in [9.17, 15) is 8.42 Å². The first-order valence-corrected chi connectivity index (χ1v) is 15.7. The lowest BCUT2D eigenvalue weighted by Gasteiger charge is -2.22. The van der Waals surface area contributed by atoms with Crippen molar-refractivity contribution in [1.29, 1.82) is 0 Å². The summed E-state index contributed by atoms with van der Waals surface area (Å²) < 4.78 is 31.0. The molecule has 5 aromatic rings. The van der Waals surface area contributed by atoms with Crippen LogP contribution in [0.4, 0.5) is 0 Å². The zero-order valence-electron chi connectivity index (χ0n) is 23.4. The van der Waals surface area contributed by atoms with Crippen LogP contribution in [0.3, 0.4) is 0 Å². The van der Waals surface area contributed by atoms with Crippen LogP contribution in [0.2, 0.25) is 5.02 Å². The van der Waals surface area contributed by atoms with Crippen LogP contribution in [0.25, 0.3) is 17.2 Å². The van der Waals surface area contributed by atoms with Gasteiger partial charge in [0, 0.05) is 5.02 Å². The Kier molecular flexibility index (Phi) is 7.70. The van der Waals surface area contributed by atoms with Crippen molar-refractivity contribution in [2.24, 2.45) is 0 Å². The van der Waals surface area contributed by atoms with Gasteiger partial charge in [-0.05, 0) is 88.7 Å². The standard InChI is InChI=1S/C37H30ClNO2S/c1-25-12-18-28(19-13-25)34(24-27-16-20-30(38)21-17-27)36-35(29-8-4-3-5-9-29)32-10-6-7-11-33(32)37(36)39-42(40,41)31-22-14-26(2)15-23-31/h3-24,37,39H,1-2H3/b34-24+. The van der Waals surface area contributed by atoms with E-state index in [0.717, 1.165) is 55.7 Å². The molecule has 1 aliphatic rings. The average molecular weight is 588 g/mol. The van der Waals surface area contributed by atoms with Gasteiger partial charge in [0.2, 0.25) is 10.0 Å². The van der Waals surface area contributed by atoms with Crippen molar-refractivity contribution >= 4 is 38.8 Å². The maximum atomic E-state index is 13.9. The van der Waals surface area contributed by atoms with Crippen molar-refractivity contribution in [2.45, 2.75) is 24.8 Å². The molecule has 1 atom stereocenters. The molecule has 1 aliphatic carbocycles. The Morgan fingerprint density at radius 1 is 0.714 bits per heavy atom. The van der Waals surface area contributed by atoms with Crippen molar-refractivity contribution < 1.29 is 8.42 Å². The molecule has 1 unspecified atom stereocenters. The zero-order valence-corrected chi connectivity index (χ0v) is 25.0. The van der Waals surface area contributed by atoms with Crippen LogP contribution in [-0.4, -0.2) is 8.42 Å². The number of aryl methyl sites for hydroxylation is 2. The highest BCUT2D eigenvalue weighted by molar-refractivity contribution is 7.89. The second-order valence-electron chi connectivity index (χ2n) is 10.6. The molecule has 1 N–H and O–H groups in total. The fourth-order valence-electron chi connectivity index (χ4n) is 5.47. The normalized spacial score (nSPS) is 15.1. The minimum absolute atomic E-state index is 0.233. The number of halogens is 1. The van der Waals surface area contributed by atoms with Gasteiger partial charge in [-0.2, -0.15) is 4.72 Å². The first-order valence-electron chi connectivity index (χ1n) is 13.8. The average Bonchev–Trinajstić information content (AvgIpc) is 3.31. The van der Waals surface area contributed by atoms with E-state index in [2.05, 4.69) is 60.2 Å². The highest BCUT2D eigenvalue weighted by Crippen LogP contribution is 2.50. The van der Waals surface area contributed by atoms with Gasteiger partial charge in [0.25, 0.3) is 0 Å². The summed E-state index contributed by atoms with van der Waals surface area (Å²) >= 11 is 6.23. The van der Waals surface area contributed by atoms with Crippen LogP contribution in [0.1, 0.15) is 45.0 Å². The van der Waals surface area contributed by atoms with Crippen molar-refractivity contribution in [2.75, 3.05) is 0 Å². The largest absolute Gasteiger partial charge is 0.241 e. The third-order valence-corrected chi connectivity index (χ3v) is 9.29. The SMILES string of the molecule is Cc1ccc(/C(=C\c2ccc(Cl)cc2)C2=C(c3ccccc3)c3ccccc3C2NS(=O)(=O)c2ccc(C)cc2)cc1. The van der Waals surface area contributed by atoms with E-state index in [0.29, 0.717) is 5.02 Å². The van der Waals surface area contributed by atoms with Crippen LogP contribution < -0.4 is 4.72 Å². The second-order valence-corrected chi connectivity index (χ2v) is 12.7. The molecule has 0 spiro atoms. The third-order valence-electron chi connectivity index (χ3n) is 7.60. The minimum Gasteiger partial charge on any atom is -0.207 e. The predicted molar refractivity (Wildman–Crippen MR) is 174 cm³/mol. The summed E-state index contributed by atoms with van der Waals surface area (Å²) in [6.45, 7) is 4.00. The van der Waals surface area contributed by atoms with Crippen LogP contribution >= 0.6 is 11.6 Å². The lowest BCUT2D eigenvalue weighted by atomic mass is 9.88. The molecule has 0 bridgehead atoms. The molecular weight excluding hydrogens is 558 g/mol. The summed E-state index contributed by atoms with van der Waals surface area (Å²) in [5.41, 5.74) is 9.88. The molecule has 0 amide bonds. The van der Waals surface area contributed by atoms with Crippen molar-refractivity contribution in [3.8, 4) is 0 Å². The molecule has 3 nitrogen and oxygen atoms in total. The van der Waals surface area contributed by atoms with Crippen molar-refractivity contribution in [3.63, 3.8) is 0 Å². The number of fused-ring (bicyclic) bond motifs is 1. The molecule has 0 heterocycles. The summed E-state index contributed by atoms with van der Waals surface area (Å²) in [4.78, 5) is 0.233. The van der Waals surface area contributed by atoms with E-state index >= 15 is 0 Å². The van der Waals surface area contributed by atoms with E-state index in [4.69, 9.17) is 11.6 Å². The third kappa shape index (κ3) is 5.62. The summed E-state index contributed by atoms with van der Waals surface area (Å²) in [5, 5.41) is 0.658. The molecule has 0 saturated carbocycles. The Bertz CT molecular complexity index is 1910. The molecule has 5 aromatic carbocycles. The van der Waals surface area contributed by atoms with E-state index in [1.54, 1.807) is 12.1 Å². The van der Waals surface area contributed by atoms with Gasteiger partial charge in [0.15, 0.2) is 0 Å². The Labute approximate surface area is 252 Å². The molecule has 0 saturated heterocycles. The first-order chi connectivity index (χ1) is 20.3. The summed E-state index contributed by atoms with van der Waals surface area (Å²) in [6.07, 6.45) is 2.12. The van der Waals surface area contributed by atoms with Gasteiger partial charge >= 0.3 is 0 Å². The molecule has 5 heteroatoms.